The van der Waals surface area contributed by atoms with Crippen LogP contribution in [0.1, 0.15) is 23.2 Å². The fourth-order valence-corrected chi connectivity index (χ4v) is 1.85. The molecule has 0 aliphatic carbocycles. The Morgan fingerprint density at radius 3 is 2.40 bits per heavy atom. The zero-order valence-electron chi connectivity index (χ0n) is 8.65. The molecule has 0 bridgehead atoms. The van der Waals surface area contributed by atoms with Crippen LogP contribution in [0.5, 0.6) is 0 Å². The Bertz CT molecular complexity index is 329. The first-order valence-corrected chi connectivity index (χ1v) is 5.33. The summed E-state index contributed by atoms with van der Waals surface area (Å²) in [6.07, 6.45) is 1.61. The molecule has 1 saturated heterocycles. The summed E-state index contributed by atoms with van der Waals surface area (Å²) in [4.78, 5) is 13.8. The van der Waals surface area contributed by atoms with E-state index in [9.17, 15) is 4.79 Å². The van der Waals surface area contributed by atoms with Crippen molar-refractivity contribution in [3.63, 3.8) is 0 Å². The SMILES string of the molecule is [NH]C1CCN(C(=O)c2ccccc2)CC1. The molecule has 1 N–H and O–H groups in total. The van der Waals surface area contributed by atoms with Crippen LogP contribution in [-0.2, 0) is 0 Å². The number of benzene rings is 1. The fourth-order valence-electron chi connectivity index (χ4n) is 1.85. The Kier molecular flexibility index (Phi) is 3.02. The molecule has 1 amide bonds. The lowest BCUT2D eigenvalue weighted by molar-refractivity contribution is 0.0713. The third kappa shape index (κ3) is 2.36. The number of rotatable bonds is 1. The highest BCUT2D eigenvalue weighted by molar-refractivity contribution is 5.94. The lowest BCUT2D eigenvalue weighted by atomic mass is 10.1. The number of carbonyl (C=O) groups is 1. The first kappa shape index (κ1) is 10.2. The summed E-state index contributed by atoms with van der Waals surface area (Å²) in [6.45, 7) is 1.45. The molecule has 0 atom stereocenters. The summed E-state index contributed by atoms with van der Waals surface area (Å²) < 4.78 is 0. The van der Waals surface area contributed by atoms with Crippen molar-refractivity contribution < 1.29 is 4.79 Å². The highest BCUT2D eigenvalue weighted by atomic mass is 16.2. The number of carbonyl (C=O) groups excluding carboxylic acids is 1. The quantitative estimate of drug-likeness (QED) is 0.683. The van der Waals surface area contributed by atoms with E-state index in [0.29, 0.717) is 0 Å². The third-order valence-electron chi connectivity index (χ3n) is 2.80. The average molecular weight is 203 g/mol. The van der Waals surface area contributed by atoms with Crippen LogP contribution in [0.15, 0.2) is 30.3 Å². The molecule has 0 unspecified atom stereocenters. The Morgan fingerprint density at radius 1 is 1.20 bits per heavy atom. The fraction of sp³-hybridized carbons (Fsp3) is 0.417. The standard InChI is InChI=1S/C12H15N2O/c13-11-6-8-14(9-7-11)12(15)10-4-2-1-3-5-10/h1-5,11,13H,6-9H2. The van der Waals surface area contributed by atoms with Gasteiger partial charge in [0.25, 0.3) is 5.91 Å². The Labute approximate surface area is 89.9 Å². The summed E-state index contributed by atoms with van der Waals surface area (Å²) in [5.41, 5.74) is 8.32. The van der Waals surface area contributed by atoms with Gasteiger partial charge in [-0.1, -0.05) is 18.2 Å². The van der Waals surface area contributed by atoms with Crippen molar-refractivity contribution in [3.05, 3.63) is 35.9 Å². The monoisotopic (exact) mass is 203 g/mol. The predicted octanol–water partition coefficient (Wildman–Crippen LogP) is 1.57. The minimum Gasteiger partial charge on any atom is -0.339 e. The maximum Gasteiger partial charge on any atom is 0.253 e. The second kappa shape index (κ2) is 4.45. The second-order valence-electron chi connectivity index (χ2n) is 3.93. The molecule has 1 heterocycles. The van der Waals surface area contributed by atoms with E-state index in [-0.39, 0.29) is 11.9 Å². The second-order valence-corrected chi connectivity index (χ2v) is 3.93. The van der Waals surface area contributed by atoms with E-state index < -0.39 is 0 Å². The van der Waals surface area contributed by atoms with Crippen molar-refractivity contribution in [2.45, 2.75) is 18.9 Å². The summed E-state index contributed by atoms with van der Waals surface area (Å²) in [5.74, 6) is 0.0995. The van der Waals surface area contributed by atoms with E-state index in [1.165, 1.54) is 0 Å². The maximum absolute atomic E-state index is 12.0. The van der Waals surface area contributed by atoms with Crippen LogP contribution in [0.2, 0.25) is 0 Å². The molecule has 1 fully saturated rings. The number of amides is 1. The van der Waals surface area contributed by atoms with Crippen LogP contribution >= 0.6 is 0 Å². The van der Waals surface area contributed by atoms with Crippen molar-refractivity contribution in [2.75, 3.05) is 13.1 Å². The molecular formula is C12H15N2O. The molecule has 2 rings (SSSR count). The number of nitrogens with zero attached hydrogens (tertiary/aromatic N) is 1. The first-order valence-electron chi connectivity index (χ1n) is 5.33. The van der Waals surface area contributed by atoms with Gasteiger partial charge in [0.05, 0.1) is 0 Å². The van der Waals surface area contributed by atoms with Crippen molar-refractivity contribution >= 4 is 5.91 Å². The van der Waals surface area contributed by atoms with Gasteiger partial charge in [-0.25, -0.2) is 0 Å². The van der Waals surface area contributed by atoms with Gasteiger partial charge in [0.2, 0.25) is 0 Å². The first-order chi connectivity index (χ1) is 7.27. The molecule has 1 aromatic carbocycles. The topological polar surface area (TPSA) is 44.1 Å². The summed E-state index contributed by atoms with van der Waals surface area (Å²) in [6, 6.07) is 9.37. The molecule has 15 heavy (non-hydrogen) atoms. The van der Waals surface area contributed by atoms with Crippen molar-refractivity contribution in [2.24, 2.45) is 0 Å². The molecule has 3 heteroatoms. The van der Waals surface area contributed by atoms with Crippen LogP contribution in [0.4, 0.5) is 0 Å². The molecule has 1 aliphatic heterocycles. The van der Waals surface area contributed by atoms with Gasteiger partial charge in [0.1, 0.15) is 0 Å². The molecule has 0 aromatic heterocycles. The van der Waals surface area contributed by atoms with Gasteiger partial charge in [-0.05, 0) is 25.0 Å². The van der Waals surface area contributed by atoms with Crippen molar-refractivity contribution in [1.82, 2.24) is 10.6 Å². The largest absolute Gasteiger partial charge is 0.339 e. The van der Waals surface area contributed by atoms with Gasteiger partial charge >= 0.3 is 0 Å². The van der Waals surface area contributed by atoms with E-state index in [4.69, 9.17) is 5.73 Å². The number of hydrogen-bond donors (Lipinski definition) is 0. The highest BCUT2D eigenvalue weighted by Crippen LogP contribution is 2.13. The van der Waals surface area contributed by atoms with E-state index >= 15 is 0 Å². The minimum absolute atomic E-state index is 0.0184. The lowest BCUT2D eigenvalue weighted by Crippen LogP contribution is -2.40. The number of likely N-dealkylation sites (tertiary alicyclic amines) is 1. The van der Waals surface area contributed by atoms with Crippen molar-refractivity contribution in [1.29, 1.82) is 0 Å². The number of hydrogen-bond acceptors (Lipinski definition) is 1. The van der Waals surface area contributed by atoms with Gasteiger partial charge in [-0.2, -0.15) is 0 Å². The molecule has 0 spiro atoms. The predicted molar refractivity (Wildman–Crippen MR) is 58.5 cm³/mol. The normalized spacial score (nSPS) is 17.8. The minimum atomic E-state index is 0.0184. The van der Waals surface area contributed by atoms with Gasteiger partial charge in [-0.3, -0.25) is 10.5 Å². The van der Waals surface area contributed by atoms with E-state index in [2.05, 4.69) is 0 Å². The number of nitrogens with one attached hydrogen (secondary N) is 1. The number of piperidine rings is 1. The van der Waals surface area contributed by atoms with E-state index in [1.54, 1.807) is 0 Å². The Morgan fingerprint density at radius 2 is 1.80 bits per heavy atom. The zero-order chi connectivity index (χ0) is 10.7. The molecule has 1 radical (unpaired) electrons. The average Bonchev–Trinajstić information content (AvgIpc) is 2.30. The molecule has 1 aromatic rings. The maximum atomic E-state index is 12.0. The van der Waals surface area contributed by atoms with Crippen LogP contribution < -0.4 is 5.73 Å². The van der Waals surface area contributed by atoms with E-state index in [0.717, 1.165) is 31.5 Å². The Hall–Kier alpha value is -1.35. The van der Waals surface area contributed by atoms with Crippen molar-refractivity contribution in [3.8, 4) is 0 Å². The van der Waals surface area contributed by atoms with Crippen LogP contribution in [0.3, 0.4) is 0 Å². The summed E-state index contributed by atoms with van der Waals surface area (Å²) in [5, 5.41) is 0. The van der Waals surface area contributed by atoms with Gasteiger partial charge in [0, 0.05) is 24.7 Å². The van der Waals surface area contributed by atoms with E-state index in [1.807, 2.05) is 35.2 Å². The van der Waals surface area contributed by atoms with Gasteiger partial charge < -0.3 is 4.90 Å². The molecule has 3 nitrogen and oxygen atoms in total. The Balaban J connectivity index is 2.03. The van der Waals surface area contributed by atoms with Gasteiger partial charge in [0.15, 0.2) is 0 Å². The molecular weight excluding hydrogens is 188 g/mol. The highest BCUT2D eigenvalue weighted by Gasteiger charge is 2.21. The van der Waals surface area contributed by atoms with Crippen LogP contribution in [0, 0.1) is 0 Å². The summed E-state index contributed by atoms with van der Waals surface area (Å²) in [7, 11) is 0. The van der Waals surface area contributed by atoms with Crippen LogP contribution in [-0.4, -0.2) is 29.9 Å². The van der Waals surface area contributed by atoms with Crippen LogP contribution in [0.25, 0.3) is 0 Å². The smallest absolute Gasteiger partial charge is 0.253 e. The molecule has 79 valence electrons. The van der Waals surface area contributed by atoms with Gasteiger partial charge in [-0.15, -0.1) is 0 Å². The zero-order valence-corrected chi connectivity index (χ0v) is 8.65. The lowest BCUT2D eigenvalue weighted by Gasteiger charge is -2.29. The summed E-state index contributed by atoms with van der Waals surface area (Å²) >= 11 is 0. The molecule has 1 aliphatic rings. The molecule has 0 saturated carbocycles. The third-order valence-corrected chi connectivity index (χ3v) is 2.80.